The molecule has 1 fully saturated rings. The molecule has 1 aliphatic rings. The Morgan fingerprint density at radius 2 is 2.27 bits per heavy atom. The SMILES string of the molecule is [c]1ccnn1CC1CCCC1. The summed E-state index contributed by atoms with van der Waals surface area (Å²) in [6, 6.07) is 1.87. The Bertz CT molecular complexity index is 197. The minimum atomic E-state index is 0.867. The molecule has 0 atom stereocenters. The van der Waals surface area contributed by atoms with Crippen LogP contribution in [0.3, 0.4) is 0 Å². The Kier molecular flexibility index (Phi) is 1.93. The van der Waals surface area contributed by atoms with E-state index in [4.69, 9.17) is 0 Å². The van der Waals surface area contributed by atoms with Gasteiger partial charge in [-0.05, 0) is 24.8 Å². The molecule has 1 aromatic rings. The average Bonchev–Trinajstić information content (AvgIpc) is 2.60. The van der Waals surface area contributed by atoms with E-state index < -0.39 is 0 Å². The number of hydrogen-bond donors (Lipinski definition) is 0. The van der Waals surface area contributed by atoms with Gasteiger partial charge in [0.05, 0.1) is 6.20 Å². The Morgan fingerprint density at radius 1 is 1.45 bits per heavy atom. The molecule has 2 heteroatoms. The summed E-state index contributed by atoms with van der Waals surface area (Å²) < 4.78 is 1.93. The van der Waals surface area contributed by atoms with Crippen LogP contribution >= 0.6 is 0 Å². The van der Waals surface area contributed by atoms with Gasteiger partial charge in [-0.25, -0.2) is 0 Å². The van der Waals surface area contributed by atoms with Crippen molar-refractivity contribution >= 4 is 0 Å². The summed E-state index contributed by atoms with van der Waals surface area (Å²) in [5.41, 5.74) is 0. The molecule has 0 aromatic carbocycles. The molecule has 0 bridgehead atoms. The highest BCUT2D eigenvalue weighted by atomic mass is 15.3. The quantitative estimate of drug-likeness (QED) is 0.627. The zero-order valence-corrected chi connectivity index (χ0v) is 6.66. The molecule has 1 radical (unpaired) electrons. The standard InChI is InChI=1S/C9H13N2/c1-2-5-9(4-1)8-11-7-3-6-10-11/h3,6,9H,1-2,4-5,8H2. The molecule has 2 nitrogen and oxygen atoms in total. The lowest BCUT2D eigenvalue weighted by atomic mass is 10.1. The fraction of sp³-hybridized carbons (Fsp3) is 0.667. The molecule has 0 unspecified atom stereocenters. The van der Waals surface area contributed by atoms with E-state index in [2.05, 4.69) is 11.3 Å². The van der Waals surface area contributed by atoms with Crippen LogP contribution in [0.15, 0.2) is 12.3 Å². The van der Waals surface area contributed by atoms with Gasteiger partial charge < -0.3 is 0 Å². The van der Waals surface area contributed by atoms with Gasteiger partial charge >= 0.3 is 0 Å². The van der Waals surface area contributed by atoms with E-state index in [0.717, 1.165) is 12.5 Å². The highest BCUT2D eigenvalue weighted by molar-refractivity contribution is 4.77. The molecule has 0 aliphatic heterocycles. The van der Waals surface area contributed by atoms with E-state index in [1.54, 1.807) is 6.20 Å². The van der Waals surface area contributed by atoms with Gasteiger partial charge in [-0.15, -0.1) is 0 Å². The zero-order chi connectivity index (χ0) is 7.52. The van der Waals surface area contributed by atoms with Gasteiger partial charge in [-0.1, -0.05) is 12.8 Å². The highest BCUT2D eigenvalue weighted by Gasteiger charge is 2.14. The van der Waals surface area contributed by atoms with Gasteiger partial charge in [0.2, 0.25) is 0 Å². The molecular weight excluding hydrogens is 136 g/mol. The van der Waals surface area contributed by atoms with Gasteiger partial charge in [0.15, 0.2) is 0 Å². The van der Waals surface area contributed by atoms with Crippen LogP contribution in [0, 0.1) is 12.1 Å². The van der Waals surface area contributed by atoms with Crippen molar-refractivity contribution in [2.75, 3.05) is 0 Å². The molecule has 1 aliphatic carbocycles. The molecule has 1 aromatic heterocycles. The van der Waals surface area contributed by atoms with E-state index in [-0.39, 0.29) is 0 Å². The van der Waals surface area contributed by atoms with Crippen LogP contribution in [0.2, 0.25) is 0 Å². The van der Waals surface area contributed by atoms with Crippen LogP contribution in [0.1, 0.15) is 25.7 Å². The Balaban J connectivity index is 1.90. The largest absolute Gasteiger partial charge is 0.263 e. The molecule has 0 amide bonds. The summed E-state index contributed by atoms with van der Waals surface area (Å²) in [4.78, 5) is 0. The van der Waals surface area contributed by atoms with Gasteiger partial charge in [-0.3, -0.25) is 4.68 Å². The second-order valence-corrected chi connectivity index (χ2v) is 3.29. The third-order valence-electron chi connectivity index (χ3n) is 2.41. The first-order valence-electron chi connectivity index (χ1n) is 4.34. The molecule has 0 spiro atoms. The van der Waals surface area contributed by atoms with Crippen molar-refractivity contribution in [1.82, 2.24) is 9.78 Å². The lowest BCUT2D eigenvalue weighted by molar-refractivity contribution is 0.427. The molecule has 11 heavy (non-hydrogen) atoms. The van der Waals surface area contributed by atoms with E-state index in [9.17, 15) is 0 Å². The topological polar surface area (TPSA) is 17.8 Å². The normalized spacial score (nSPS) is 19.3. The summed E-state index contributed by atoms with van der Waals surface area (Å²) in [5.74, 6) is 0.867. The molecule has 2 rings (SSSR count). The lowest BCUT2D eigenvalue weighted by Crippen LogP contribution is -2.07. The monoisotopic (exact) mass is 149 g/mol. The highest BCUT2D eigenvalue weighted by Crippen LogP contribution is 2.25. The maximum atomic E-state index is 4.14. The summed E-state index contributed by atoms with van der Waals surface area (Å²) in [6.07, 6.45) is 10.5. The van der Waals surface area contributed by atoms with Crippen LogP contribution in [0.25, 0.3) is 0 Å². The van der Waals surface area contributed by atoms with Crippen molar-refractivity contribution in [1.29, 1.82) is 0 Å². The fourth-order valence-electron chi connectivity index (χ4n) is 1.80. The first-order valence-corrected chi connectivity index (χ1v) is 4.34. The maximum absolute atomic E-state index is 4.14. The Morgan fingerprint density at radius 3 is 2.91 bits per heavy atom. The first-order chi connectivity index (χ1) is 5.45. The van der Waals surface area contributed by atoms with E-state index in [1.807, 2.05) is 10.7 Å². The third-order valence-corrected chi connectivity index (χ3v) is 2.41. The Labute approximate surface area is 67.2 Å². The minimum absolute atomic E-state index is 0.867. The van der Waals surface area contributed by atoms with Crippen molar-refractivity contribution in [3.05, 3.63) is 18.5 Å². The number of aromatic nitrogens is 2. The fourth-order valence-corrected chi connectivity index (χ4v) is 1.80. The van der Waals surface area contributed by atoms with Crippen molar-refractivity contribution in [3.63, 3.8) is 0 Å². The van der Waals surface area contributed by atoms with Crippen molar-refractivity contribution in [2.24, 2.45) is 5.92 Å². The van der Waals surface area contributed by atoms with Gasteiger partial charge in [0.1, 0.15) is 0 Å². The zero-order valence-electron chi connectivity index (χ0n) is 6.66. The van der Waals surface area contributed by atoms with E-state index in [0.29, 0.717) is 0 Å². The van der Waals surface area contributed by atoms with E-state index >= 15 is 0 Å². The number of nitrogens with zero attached hydrogens (tertiary/aromatic N) is 2. The van der Waals surface area contributed by atoms with Crippen molar-refractivity contribution in [2.45, 2.75) is 32.2 Å². The van der Waals surface area contributed by atoms with Crippen LogP contribution < -0.4 is 0 Å². The molecule has 0 saturated heterocycles. The first kappa shape index (κ1) is 6.89. The number of hydrogen-bond acceptors (Lipinski definition) is 1. The van der Waals surface area contributed by atoms with Gasteiger partial charge in [0.25, 0.3) is 0 Å². The second-order valence-electron chi connectivity index (χ2n) is 3.29. The summed E-state index contributed by atoms with van der Waals surface area (Å²) in [5, 5.41) is 4.14. The predicted octanol–water partition coefficient (Wildman–Crippen LogP) is 1.87. The average molecular weight is 149 g/mol. The van der Waals surface area contributed by atoms with Gasteiger partial charge in [0, 0.05) is 12.7 Å². The minimum Gasteiger partial charge on any atom is -0.263 e. The van der Waals surface area contributed by atoms with Crippen LogP contribution in [-0.2, 0) is 6.54 Å². The maximum Gasteiger partial charge on any atom is 0.0863 e. The lowest BCUT2D eigenvalue weighted by Gasteiger charge is -2.07. The van der Waals surface area contributed by atoms with Crippen molar-refractivity contribution < 1.29 is 0 Å². The second kappa shape index (κ2) is 3.07. The molecule has 59 valence electrons. The van der Waals surface area contributed by atoms with Crippen LogP contribution in [0.5, 0.6) is 0 Å². The smallest absolute Gasteiger partial charge is 0.0863 e. The summed E-state index contributed by atoms with van der Waals surface area (Å²) >= 11 is 0. The predicted molar refractivity (Wildman–Crippen MR) is 43.0 cm³/mol. The summed E-state index contributed by atoms with van der Waals surface area (Å²) in [7, 11) is 0. The third kappa shape index (κ3) is 1.62. The van der Waals surface area contributed by atoms with Crippen LogP contribution in [-0.4, -0.2) is 9.78 Å². The molecular formula is C9H13N2. The van der Waals surface area contributed by atoms with E-state index in [1.165, 1.54) is 25.7 Å². The molecule has 0 N–H and O–H groups in total. The van der Waals surface area contributed by atoms with Crippen molar-refractivity contribution in [3.8, 4) is 0 Å². The molecule has 1 saturated carbocycles. The van der Waals surface area contributed by atoms with Gasteiger partial charge in [-0.2, -0.15) is 5.10 Å². The summed E-state index contributed by atoms with van der Waals surface area (Å²) in [6.45, 7) is 1.08. The Hall–Kier alpha value is -0.790. The van der Waals surface area contributed by atoms with Crippen LogP contribution in [0.4, 0.5) is 0 Å². The molecule has 1 heterocycles. The number of rotatable bonds is 2.